The van der Waals surface area contributed by atoms with Crippen molar-refractivity contribution in [3.05, 3.63) is 0 Å². The summed E-state index contributed by atoms with van der Waals surface area (Å²) in [5.74, 6) is -0.361. The Morgan fingerprint density at radius 3 is 2.29 bits per heavy atom. The smallest absolute Gasteiger partial charge is 0.237 e. The van der Waals surface area contributed by atoms with E-state index in [0.29, 0.717) is 19.4 Å². The average molecular weight is 220 g/mol. The van der Waals surface area contributed by atoms with E-state index in [-0.39, 0.29) is 11.5 Å². The molecule has 0 aliphatic carbocycles. The highest BCUT2D eigenvalue weighted by Crippen LogP contribution is 2.23. The first-order valence-electron chi connectivity index (χ1n) is 4.67. The molecule has 6 heteroatoms. The number of carbonyl (C=O) groups excluding carboxylic acids is 1. The van der Waals surface area contributed by atoms with Crippen LogP contribution in [0.15, 0.2) is 0 Å². The van der Waals surface area contributed by atoms with Gasteiger partial charge >= 0.3 is 0 Å². The van der Waals surface area contributed by atoms with Crippen molar-refractivity contribution in [1.82, 2.24) is 5.32 Å². The van der Waals surface area contributed by atoms with Gasteiger partial charge in [0.25, 0.3) is 0 Å². The number of rotatable bonds is 3. The third kappa shape index (κ3) is 2.24. The highest BCUT2D eigenvalue weighted by Gasteiger charge is 2.41. The molecule has 0 spiro atoms. The van der Waals surface area contributed by atoms with Gasteiger partial charge in [-0.05, 0) is 19.4 Å². The number of carbonyl (C=O) groups is 1. The third-order valence-corrected chi connectivity index (χ3v) is 4.32. The minimum Gasteiger partial charge on any atom is -0.368 e. The first kappa shape index (κ1) is 11.5. The molecule has 0 atom stereocenters. The fourth-order valence-corrected chi connectivity index (χ4v) is 3.26. The Balaban J connectivity index is 2.79. The number of hydrogen-bond donors (Lipinski definition) is 2. The molecule has 0 radical (unpaired) electrons. The summed E-state index contributed by atoms with van der Waals surface area (Å²) < 4.78 is 22.4. The molecule has 14 heavy (non-hydrogen) atoms. The van der Waals surface area contributed by atoms with Gasteiger partial charge in [-0.3, -0.25) is 4.79 Å². The summed E-state index contributed by atoms with van der Waals surface area (Å²) in [4.78, 5) is 11.2. The molecule has 1 aliphatic heterocycles. The second kappa shape index (κ2) is 3.86. The Kier molecular flexibility index (Phi) is 3.16. The Bertz CT molecular complexity index is 309. The standard InChI is InChI=1S/C8H16N2O3S/c1-2-10-8(7(9)11)3-5-14(12,13)6-4-8/h10H,2-6H2,1H3,(H2,9,11). The van der Waals surface area contributed by atoms with Crippen LogP contribution in [-0.4, -0.2) is 37.9 Å². The fourth-order valence-electron chi connectivity index (χ4n) is 1.74. The monoisotopic (exact) mass is 220 g/mol. The van der Waals surface area contributed by atoms with Crippen LogP contribution in [0.3, 0.4) is 0 Å². The Labute approximate surface area is 84.0 Å². The summed E-state index contributed by atoms with van der Waals surface area (Å²) >= 11 is 0. The van der Waals surface area contributed by atoms with Gasteiger partial charge in [0.1, 0.15) is 9.84 Å². The first-order valence-corrected chi connectivity index (χ1v) is 6.49. The Hall–Kier alpha value is -0.620. The van der Waals surface area contributed by atoms with E-state index in [9.17, 15) is 13.2 Å². The van der Waals surface area contributed by atoms with Gasteiger partial charge in [0.05, 0.1) is 17.0 Å². The molecule has 0 saturated carbocycles. The number of nitrogens with one attached hydrogen (secondary N) is 1. The molecule has 0 aromatic heterocycles. The van der Waals surface area contributed by atoms with Crippen LogP contribution in [0.1, 0.15) is 19.8 Å². The lowest BCUT2D eigenvalue weighted by molar-refractivity contribution is -0.124. The molecule has 1 heterocycles. The predicted octanol–water partition coefficient (Wildman–Crippen LogP) is -0.971. The molecule has 0 aromatic rings. The molecule has 1 amide bonds. The van der Waals surface area contributed by atoms with E-state index < -0.39 is 21.3 Å². The molecule has 0 unspecified atom stereocenters. The van der Waals surface area contributed by atoms with Crippen molar-refractivity contribution in [1.29, 1.82) is 0 Å². The lowest BCUT2D eigenvalue weighted by Gasteiger charge is -2.34. The van der Waals surface area contributed by atoms with E-state index in [0.717, 1.165) is 0 Å². The lowest BCUT2D eigenvalue weighted by atomic mass is 9.91. The van der Waals surface area contributed by atoms with Gasteiger partial charge in [0, 0.05) is 0 Å². The molecule has 1 saturated heterocycles. The number of likely N-dealkylation sites (N-methyl/N-ethyl adjacent to an activating group) is 1. The fraction of sp³-hybridized carbons (Fsp3) is 0.875. The summed E-state index contributed by atoms with van der Waals surface area (Å²) in [6.45, 7) is 2.48. The number of primary amides is 1. The van der Waals surface area contributed by atoms with Crippen LogP contribution in [0.5, 0.6) is 0 Å². The first-order chi connectivity index (χ1) is 6.42. The molecule has 0 aromatic carbocycles. The van der Waals surface area contributed by atoms with E-state index in [2.05, 4.69) is 5.32 Å². The summed E-state index contributed by atoms with van der Waals surface area (Å²) in [6.07, 6.45) is 0.580. The molecule has 1 fully saturated rings. The van der Waals surface area contributed by atoms with E-state index in [1.165, 1.54) is 0 Å². The van der Waals surface area contributed by atoms with Gasteiger partial charge in [-0.2, -0.15) is 0 Å². The normalized spacial score (nSPS) is 24.4. The zero-order chi connectivity index (χ0) is 10.8. The molecule has 3 N–H and O–H groups in total. The summed E-state index contributed by atoms with van der Waals surface area (Å²) in [5.41, 5.74) is 4.48. The van der Waals surface area contributed by atoms with Crippen LogP contribution in [0, 0.1) is 0 Å². The van der Waals surface area contributed by atoms with Gasteiger partial charge in [-0.1, -0.05) is 6.92 Å². The van der Waals surface area contributed by atoms with Crippen LogP contribution in [-0.2, 0) is 14.6 Å². The van der Waals surface area contributed by atoms with Gasteiger partial charge in [-0.25, -0.2) is 8.42 Å². The van der Waals surface area contributed by atoms with E-state index in [1.54, 1.807) is 0 Å². The maximum absolute atomic E-state index is 11.2. The second-order valence-electron chi connectivity index (χ2n) is 3.63. The summed E-state index contributed by atoms with van der Waals surface area (Å²) in [5, 5.41) is 3.00. The van der Waals surface area contributed by atoms with E-state index in [4.69, 9.17) is 5.73 Å². The van der Waals surface area contributed by atoms with Crippen molar-refractivity contribution >= 4 is 15.7 Å². The van der Waals surface area contributed by atoms with Crippen LogP contribution in [0.4, 0.5) is 0 Å². The minimum atomic E-state index is -2.95. The van der Waals surface area contributed by atoms with Crippen molar-refractivity contribution in [2.24, 2.45) is 5.73 Å². The summed E-state index contributed by atoms with van der Waals surface area (Å²) in [6, 6.07) is 0. The molecular formula is C8H16N2O3S. The molecular weight excluding hydrogens is 204 g/mol. The molecule has 0 bridgehead atoms. The topological polar surface area (TPSA) is 89.3 Å². The van der Waals surface area contributed by atoms with Crippen molar-refractivity contribution < 1.29 is 13.2 Å². The van der Waals surface area contributed by atoms with Crippen LogP contribution >= 0.6 is 0 Å². The highest BCUT2D eigenvalue weighted by molar-refractivity contribution is 7.91. The second-order valence-corrected chi connectivity index (χ2v) is 5.93. The molecule has 1 rings (SSSR count). The lowest BCUT2D eigenvalue weighted by Crippen LogP contribution is -2.59. The number of nitrogens with two attached hydrogens (primary N) is 1. The highest BCUT2D eigenvalue weighted by atomic mass is 32.2. The zero-order valence-electron chi connectivity index (χ0n) is 8.25. The van der Waals surface area contributed by atoms with Crippen LogP contribution in [0.25, 0.3) is 0 Å². The largest absolute Gasteiger partial charge is 0.368 e. The zero-order valence-corrected chi connectivity index (χ0v) is 9.06. The quantitative estimate of drug-likeness (QED) is 0.640. The van der Waals surface area contributed by atoms with Gasteiger partial charge in [-0.15, -0.1) is 0 Å². The molecule has 82 valence electrons. The van der Waals surface area contributed by atoms with E-state index >= 15 is 0 Å². The maximum atomic E-state index is 11.2. The minimum absolute atomic E-state index is 0.0446. The number of sulfone groups is 1. The van der Waals surface area contributed by atoms with Crippen molar-refractivity contribution in [2.45, 2.75) is 25.3 Å². The average Bonchev–Trinajstić information content (AvgIpc) is 2.09. The number of amides is 1. The van der Waals surface area contributed by atoms with Crippen molar-refractivity contribution in [3.63, 3.8) is 0 Å². The Morgan fingerprint density at radius 2 is 1.93 bits per heavy atom. The summed E-state index contributed by atoms with van der Waals surface area (Å²) in [7, 11) is -2.95. The Morgan fingerprint density at radius 1 is 1.43 bits per heavy atom. The van der Waals surface area contributed by atoms with Crippen molar-refractivity contribution in [2.75, 3.05) is 18.1 Å². The van der Waals surface area contributed by atoms with Gasteiger partial charge < -0.3 is 11.1 Å². The third-order valence-electron chi connectivity index (χ3n) is 2.67. The predicted molar refractivity (Wildman–Crippen MR) is 53.5 cm³/mol. The van der Waals surface area contributed by atoms with Crippen LogP contribution < -0.4 is 11.1 Å². The SMILES string of the molecule is CCNC1(C(N)=O)CCS(=O)(=O)CC1. The van der Waals surface area contributed by atoms with Gasteiger partial charge in [0.2, 0.25) is 5.91 Å². The van der Waals surface area contributed by atoms with E-state index in [1.807, 2.05) is 6.92 Å². The maximum Gasteiger partial charge on any atom is 0.237 e. The van der Waals surface area contributed by atoms with Gasteiger partial charge in [0.15, 0.2) is 0 Å². The number of hydrogen-bond acceptors (Lipinski definition) is 4. The van der Waals surface area contributed by atoms with Crippen molar-refractivity contribution in [3.8, 4) is 0 Å². The molecule has 5 nitrogen and oxygen atoms in total. The molecule has 1 aliphatic rings. The van der Waals surface area contributed by atoms with Crippen LogP contribution in [0.2, 0.25) is 0 Å².